The molecule has 0 saturated carbocycles. The number of benzene rings is 2. The molecular formula is C24H28N4O3. The minimum Gasteiger partial charge on any atom is -0.495 e. The van der Waals surface area contributed by atoms with E-state index in [-0.39, 0.29) is 11.5 Å². The van der Waals surface area contributed by atoms with E-state index in [1.54, 1.807) is 11.7 Å². The predicted molar refractivity (Wildman–Crippen MR) is 122 cm³/mol. The Hall–Kier alpha value is -3.19. The lowest BCUT2D eigenvalue weighted by Gasteiger charge is -2.32. The van der Waals surface area contributed by atoms with Crippen molar-refractivity contribution in [3.8, 4) is 5.75 Å². The van der Waals surface area contributed by atoms with Crippen LogP contribution in [0.3, 0.4) is 0 Å². The number of nitrogens with one attached hydrogen (secondary N) is 1. The summed E-state index contributed by atoms with van der Waals surface area (Å²) in [6.45, 7) is 4.58. The van der Waals surface area contributed by atoms with E-state index < -0.39 is 0 Å². The summed E-state index contributed by atoms with van der Waals surface area (Å²) in [4.78, 5) is 32.1. The fourth-order valence-electron chi connectivity index (χ4n) is 4.22. The van der Waals surface area contributed by atoms with Crippen molar-refractivity contribution in [2.45, 2.75) is 26.3 Å². The number of likely N-dealkylation sites (tertiary alicyclic amines) is 1. The van der Waals surface area contributed by atoms with Crippen LogP contribution in [0.25, 0.3) is 10.9 Å². The first-order valence-electron chi connectivity index (χ1n) is 10.7. The number of nitrogens with zero attached hydrogens (tertiary/aromatic N) is 3. The van der Waals surface area contributed by atoms with Gasteiger partial charge >= 0.3 is 0 Å². The van der Waals surface area contributed by atoms with Gasteiger partial charge in [-0.25, -0.2) is 4.98 Å². The molecule has 1 aliphatic heterocycles. The molecule has 0 atom stereocenters. The highest BCUT2D eigenvalue weighted by atomic mass is 16.5. The van der Waals surface area contributed by atoms with E-state index in [4.69, 9.17) is 4.74 Å². The third-order valence-corrected chi connectivity index (χ3v) is 5.95. The molecule has 1 aromatic heterocycles. The number of amides is 1. The summed E-state index contributed by atoms with van der Waals surface area (Å²) in [5, 5.41) is 3.60. The van der Waals surface area contributed by atoms with Crippen molar-refractivity contribution < 1.29 is 9.53 Å². The van der Waals surface area contributed by atoms with Gasteiger partial charge in [-0.05, 0) is 63.0 Å². The van der Waals surface area contributed by atoms with Crippen LogP contribution < -0.4 is 15.6 Å². The third kappa shape index (κ3) is 4.77. The first-order chi connectivity index (χ1) is 15.0. The number of para-hydroxylation sites is 3. The van der Waals surface area contributed by atoms with Crippen molar-refractivity contribution >= 4 is 22.5 Å². The molecule has 1 amide bonds. The third-order valence-electron chi connectivity index (χ3n) is 5.95. The zero-order valence-electron chi connectivity index (χ0n) is 18.0. The average Bonchev–Trinajstić information content (AvgIpc) is 2.78. The largest absolute Gasteiger partial charge is 0.495 e. The highest BCUT2D eigenvalue weighted by Gasteiger charge is 2.23. The summed E-state index contributed by atoms with van der Waals surface area (Å²) in [6, 6.07) is 14.9. The average molecular weight is 421 g/mol. The minimum atomic E-state index is -0.0475. The Bertz CT molecular complexity index is 1130. The van der Waals surface area contributed by atoms with Gasteiger partial charge in [-0.15, -0.1) is 0 Å². The number of piperidine rings is 1. The van der Waals surface area contributed by atoms with E-state index in [1.807, 2.05) is 55.5 Å². The van der Waals surface area contributed by atoms with Gasteiger partial charge in [0.15, 0.2) is 0 Å². The quantitative estimate of drug-likeness (QED) is 0.663. The Balaban J connectivity index is 1.34. The topological polar surface area (TPSA) is 76.5 Å². The fourth-order valence-corrected chi connectivity index (χ4v) is 4.22. The number of anilines is 1. The molecule has 2 aromatic carbocycles. The van der Waals surface area contributed by atoms with E-state index in [0.717, 1.165) is 37.3 Å². The molecule has 1 fully saturated rings. The van der Waals surface area contributed by atoms with Crippen LogP contribution in [0, 0.1) is 12.8 Å². The lowest BCUT2D eigenvalue weighted by Crippen LogP contribution is -2.40. The highest BCUT2D eigenvalue weighted by Crippen LogP contribution is 2.23. The summed E-state index contributed by atoms with van der Waals surface area (Å²) < 4.78 is 7.09. The second-order valence-electron chi connectivity index (χ2n) is 8.06. The molecule has 0 aliphatic carbocycles. The Kier molecular flexibility index (Phi) is 6.32. The molecule has 0 bridgehead atoms. The number of aromatic nitrogens is 2. The molecule has 7 nitrogen and oxygen atoms in total. The molecule has 3 aromatic rings. The second-order valence-corrected chi connectivity index (χ2v) is 8.06. The molecule has 0 unspecified atom stereocenters. The van der Waals surface area contributed by atoms with E-state index in [9.17, 15) is 9.59 Å². The molecule has 0 spiro atoms. The first-order valence-corrected chi connectivity index (χ1v) is 10.7. The van der Waals surface area contributed by atoms with E-state index >= 15 is 0 Å². The van der Waals surface area contributed by atoms with Gasteiger partial charge in [-0.1, -0.05) is 24.3 Å². The summed E-state index contributed by atoms with van der Waals surface area (Å²) in [5.74, 6) is 1.75. The fraction of sp³-hybridized carbons (Fsp3) is 0.375. The van der Waals surface area contributed by atoms with E-state index in [1.165, 1.54) is 0 Å². The van der Waals surface area contributed by atoms with Crippen LogP contribution in [0.5, 0.6) is 5.75 Å². The van der Waals surface area contributed by atoms with Gasteiger partial charge in [-0.2, -0.15) is 0 Å². The number of hydrogen-bond acceptors (Lipinski definition) is 5. The van der Waals surface area contributed by atoms with Crippen LogP contribution in [-0.2, 0) is 11.3 Å². The van der Waals surface area contributed by atoms with Gasteiger partial charge in [0.05, 0.1) is 30.2 Å². The molecule has 0 radical (unpaired) electrons. The molecule has 1 saturated heterocycles. The van der Waals surface area contributed by atoms with Gasteiger partial charge in [0.2, 0.25) is 5.91 Å². The normalized spacial score (nSPS) is 15.2. The van der Waals surface area contributed by atoms with Crippen molar-refractivity contribution in [2.24, 2.45) is 5.92 Å². The molecule has 162 valence electrons. The molecule has 1 aliphatic rings. The predicted octanol–water partition coefficient (Wildman–Crippen LogP) is 3.06. The SMILES string of the molecule is COc1ccccc1NC(=O)CN1CCC(Cn2c(C)nc3ccccc3c2=O)CC1. The van der Waals surface area contributed by atoms with Crippen molar-refractivity contribution in [1.82, 2.24) is 14.5 Å². The number of aryl methyl sites for hydroxylation is 1. The number of hydrogen-bond donors (Lipinski definition) is 1. The van der Waals surface area contributed by atoms with Gasteiger partial charge in [0.1, 0.15) is 11.6 Å². The maximum absolute atomic E-state index is 12.9. The summed E-state index contributed by atoms with van der Waals surface area (Å²) >= 11 is 0. The van der Waals surface area contributed by atoms with Gasteiger partial charge < -0.3 is 10.1 Å². The Morgan fingerprint density at radius 1 is 1.13 bits per heavy atom. The van der Waals surface area contributed by atoms with Crippen molar-refractivity contribution in [3.05, 3.63) is 64.7 Å². The standard InChI is InChI=1S/C24H28N4O3/c1-17-25-20-8-4-3-7-19(20)24(30)28(17)15-18-11-13-27(14-12-18)16-23(29)26-21-9-5-6-10-22(21)31-2/h3-10,18H,11-16H2,1-2H3,(H,26,29). The number of fused-ring (bicyclic) bond motifs is 1. The Labute approximate surface area is 181 Å². The summed E-state index contributed by atoms with van der Waals surface area (Å²) in [5.41, 5.74) is 1.46. The van der Waals surface area contributed by atoms with Crippen LogP contribution in [0.4, 0.5) is 5.69 Å². The molecular weight excluding hydrogens is 392 g/mol. The molecule has 7 heteroatoms. The number of carbonyl (C=O) groups excluding carboxylic acids is 1. The minimum absolute atomic E-state index is 0.0294. The zero-order chi connectivity index (χ0) is 21.8. The van der Waals surface area contributed by atoms with E-state index in [0.29, 0.717) is 35.8 Å². The Morgan fingerprint density at radius 3 is 2.61 bits per heavy atom. The van der Waals surface area contributed by atoms with Gasteiger partial charge in [-0.3, -0.25) is 19.1 Å². The van der Waals surface area contributed by atoms with Crippen molar-refractivity contribution in [3.63, 3.8) is 0 Å². The monoisotopic (exact) mass is 420 g/mol. The second kappa shape index (κ2) is 9.31. The van der Waals surface area contributed by atoms with Crippen LogP contribution in [0.15, 0.2) is 53.3 Å². The maximum Gasteiger partial charge on any atom is 0.261 e. The van der Waals surface area contributed by atoms with Crippen LogP contribution in [-0.4, -0.2) is 47.1 Å². The molecule has 1 N–H and O–H groups in total. The van der Waals surface area contributed by atoms with Crippen LogP contribution in [0.2, 0.25) is 0 Å². The number of carbonyl (C=O) groups is 1. The maximum atomic E-state index is 12.9. The first kappa shape index (κ1) is 21.1. The zero-order valence-corrected chi connectivity index (χ0v) is 18.0. The van der Waals surface area contributed by atoms with Gasteiger partial charge in [0.25, 0.3) is 5.56 Å². The number of rotatable bonds is 6. The highest BCUT2D eigenvalue weighted by molar-refractivity contribution is 5.93. The lowest BCUT2D eigenvalue weighted by atomic mass is 9.96. The number of ether oxygens (including phenoxy) is 1. The van der Waals surface area contributed by atoms with Gasteiger partial charge in [0, 0.05) is 6.54 Å². The van der Waals surface area contributed by atoms with Crippen molar-refractivity contribution in [2.75, 3.05) is 32.1 Å². The van der Waals surface area contributed by atoms with Crippen molar-refractivity contribution in [1.29, 1.82) is 0 Å². The number of methoxy groups -OCH3 is 1. The molecule has 2 heterocycles. The van der Waals surface area contributed by atoms with Crippen LogP contribution >= 0.6 is 0 Å². The molecule has 4 rings (SSSR count). The van der Waals surface area contributed by atoms with Crippen LogP contribution in [0.1, 0.15) is 18.7 Å². The Morgan fingerprint density at radius 2 is 1.84 bits per heavy atom. The lowest BCUT2D eigenvalue weighted by molar-refractivity contribution is -0.117. The van der Waals surface area contributed by atoms with E-state index in [2.05, 4.69) is 15.2 Å². The molecule has 31 heavy (non-hydrogen) atoms. The summed E-state index contributed by atoms with van der Waals surface area (Å²) in [7, 11) is 1.59. The smallest absolute Gasteiger partial charge is 0.261 e. The summed E-state index contributed by atoms with van der Waals surface area (Å²) in [6.07, 6.45) is 1.89.